The molecule has 2 saturated heterocycles. The van der Waals surface area contributed by atoms with Crippen molar-refractivity contribution in [3.8, 4) is 0 Å². The lowest BCUT2D eigenvalue weighted by atomic mass is 9.92. The number of amides is 2. The number of hydrogen-bond acceptors (Lipinski definition) is 4. The van der Waals surface area contributed by atoms with Crippen molar-refractivity contribution in [2.75, 3.05) is 25.9 Å². The first kappa shape index (κ1) is 27.6. The van der Waals surface area contributed by atoms with E-state index in [1.807, 2.05) is 6.07 Å². The summed E-state index contributed by atoms with van der Waals surface area (Å²) < 4.78 is 78.5. The average molecular weight is 568 g/mol. The number of hydrogen-bond donors (Lipinski definition) is 1. The third kappa shape index (κ3) is 5.81. The van der Waals surface area contributed by atoms with Gasteiger partial charge in [0.25, 0.3) is 5.91 Å². The molecule has 1 unspecified atom stereocenters. The molecule has 2 amide bonds. The molecule has 5 rings (SSSR count). The minimum absolute atomic E-state index is 0.00561. The zero-order valence-electron chi connectivity index (χ0n) is 21.2. The van der Waals surface area contributed by atoms with Gasteiger partial charge in [-0.05, 0) is 61.4 Å². The topological polar surface area (TPSA) is 86.8 Å². The van der Waals surface area contributed by atoms with Gasteiger partial charge in [0.05, 0.1) is 17.9 Å². The monoisotopic (exact) mass is 567 g/mol. The molecule has 0 radical (unpaired) electrons. The largest absolute Gasteiger partial charge is 0.416 e. The second-order valence-electron chi connectivity index (χ2n) is 10.6. The number of nitrogens with one attached hydrogen (secondary N) is 1. The summed E-state index contributed by atoms with van der Waals surface area (Å²) >= 11 is 0. The molecule has 2 atom stereocenters. The van der Waals surface area contributed by atoms with Crippen molar-refractivity contribution >= 4 is 21.8 Å². The third-order valence-electron chi connectivity index (χ3n) is 7.79. The van der Waals surface area contributed by atoms with E-state index in [1.54, 1.807) is 18.2 Å². The van der Waals surface area contributed by atoms with Crippen LogP contribution in [0.4, 0.5) is 17.6 Å². The van der Waals surface area contributed by atoms with Gasteiger partial charge in [-0.15, -0.1) is 0 Å². The Balaban J connectivity index is 1.29. The molecule has 2 heterocycles. The molecule has 0 aromatic heterocycles. The number of alkyl halides is 3. The molecule has 0 bridgehead atoms. The third-order valence-corrected chi connectivity index (χ3v) is 9.03. The average Bonchev–Trinajstić information content (AvgIpc) is 3.55. The molecule has 2 aromatic rings. The van der Waals surface area contributed by atoms with E-state index in [4.69, 9.17) is 0 Å². The lowest BCUT2D eigenvalue weighted by Gasteiger charge is -2.37. The smallest absolute Gasteiger partial charge is 0.347 e. The van der Waals surface area contributed by atoms with Gasteiger partial charge in [-0.3, -0.25) is 9.59 Å². The van der Waals surface area contributed by atoms with E-state index in [1.165, 1.54) is 9.21 Å². The second kappa shape index (κ2) is 10.2. The molecule has 3 fully saturated rings. The summed E-state index contributed by atoms with van der Waals surface area (Å²) in [6.07, 6.45) is -1.09. The van der Waals surface area contributed by atoms with E-state index in [2.05, 4.69) is 5.32 Å². The number of nitrogens with zero attached hydrogens (tertiary/aromatic N) is 2. The van der Waals surface area contributed by atoms with Crippen LogP contribution in [-0.4, -0.2) is 61.4 Å². The summed E-state index contributed by atoms with van der Waals surface area (Å²) in [5.74, 6) is -1.93. The van der Waals surface area contributed by atoms with Crippen molar-refractivity contribution in [2.45, 2.75) is 49.9 Å². The normalized spacial score (nSPS) is 21.5. The van der Waals surface area contributed by atoms with Gasteiger partial charge in [-0.2, -0.15) is 13.2 Å². The van der Waals surface area contributed by atoms with Crippen LogP contribution in [0.3, 0.4) is 0 Å². The van der Waals surface area contributed by atoms with Gasteiger partial charge in [0.2, 0.25) is 15.9 Å². The van der Waals surface area contributed by atoms with E-state index in [9.17, 15) is 35.6 Å². The highest BCUT2D eigenvalue weighted by Crippen LogP contribution is 2.43. The molecule has 2 aromatic carbocycles. The summed E-state index contributed by atoms with van der Waals surface area (Å²) in [6, 6.07) is 7.72. The maximum Gasteiger partial charge on any atom is 0.416 e. The van der Waals surface area contributed by atoms with Crippen molar-refractivity contribution in [1.29, 1.82) is 0 Å². The fourth-order valence-corrected chi connectivity index (χ4v) is 6.28. The zero-order valence-corrected chi connectivity index (χ0v) is 22.1. The molecular formula is C27H29F4N3O4S. The lowest BCUT2D eigenvalue weighted by Crippen LogP contribution is -2.48. The number of halogens is 4. The standard InChI is InChI=1S/C27H29F4N3O4S/c1-39(37,38)33-14-19(15-33)17-4-2-5-18(12-17)26(36)34-11-3-6-23(34)25(35)32-24(16-7-8-16)21-10-9-20(13-22(21)28)27(29,30)31/h2,4-5,9-10,12-13,16,19,23-24H,3,6-8,11,14-15H2,1H3,(H,32,35)/t23-,24?/m1/s1. The van der Waals surface area contributed by atoms with Crippen LogP contribution in [0.5, 0.6) is 0 Å². The van der Waals surface area contributed by atoms with E-state index >= 15 is 0 Å². The molecule has 39 heavy (non-hydrogen) atoms. The summed E-state index contributed by atoms with van der Waals surface area (Å²) in [5, 5.41) is 2.82. The Morgan fingerprint density at radius 2 is 1.77 bits per heavy atom. The predicted molar refractivity (Wildman–Crippen MR) is 135 cm³/mol. The van der Waals surface area contributed by atoms with Crippen LogP contribution in [0.15, 0.2) is 42.5 Å². The molecule has 1 aliphatic carbocycles. The number of benzene rings is 2. The minimum Gasteiger partial charge on any atom is -0.347 e. The molecular weight excluding hydrogens is 538 g/mol. The van der Waals surface area contributed by atoms with Crippen LogP contribution < -0.4 is 5.32 Å². The molecule has 12 heteroatoms. The lowest BCUT2D eigenvalue weighted by molar-refractivity contribution is -0.137. The first-order valence-corrected chi connectivity index (χ1v) is 14.7. The Bertz CT molecular complexity index is 1390. The molecule has 3 aliphatic rings. The molecule has 0 spiro atoms. The predicted octanol–water partition coefficient (Wildman–Crippen LogP) is 4.08. The summed E-state index contributed by atoms with van der Waals surface area (Å²) in [5.41, 5.74) is 0.140. The highest BCUT2D eigenvalue weighted by atomic mass is 32.2. The van der Waals surface area contributed by atoms with Crippen molar-refractivity contribution in [3.05, 3.63) is 70.5 Å². The van der Waals surface area contributed by atoms with Gasteiger partial charge in [-0.25, -0.2) is 17.1 Å². The summed E-state index contributed by atoms with van der Waals surface area (Å²) in [7, 11) is -3.27. The van der Waals surface area contributed by atoms with Crippen LogP contribution in [-0.2, 0) is 21.0 Å². The van der Waals surface area contributed by atoms with E-state index in [-0.39, 0.29) is 23.3 Å². The van der Waals surface area contributed by atoms with Crippen LogP contribution in [0, 0.1) is 11.7 Å². The van der Waals surface area contributed by atoms with Crippen molar-refractivity contribution in [2.24, 2.45) is 5.92 Å². The second-order valence-corrected chi connectivity index (χ2v) is 12.6. The Morgan fingerprint density at radius 3 is 2.38 bits per heavy atom. The van der Waals surface area contributed by atoms with E-state index < -0.39 is 45.6 Å². The molecule has 210 valence electrons. The van der Waals surface area contributed by atoms with Gasteiger partial charge in [-0.1, -0.05) is 18.2 Å². The molecule has 2 aliphatic heterocycles. The highest BCUT2D eigenvalue weighted by Gasteiger charge is 2.41. The summed E-state index contributed by atoms with van der Waals surface area (Å²) in [6.45, 7) is 1.04. The van der Waals surface area contributed by atoms with Crippen molar-refractivity contribution in [3.63, 3.8) is 0 Å². The van der Waals surface area contributed by atoms with E-state index in [0.29, 0.717) is 56.9 Å². The number of carbonyl (C=O) groups is 2. The van der Waals surface area contributed by atoms with Gasteiger partial charge < -0.3 is 10.2 Å². The quantitative estimate of drug-likeness (QED) is 0.511. The van der Waals surface area contributed by atoms with Crippen molar-refractivity contribution in [1.82, 2.24) is 14.5 Å². The van der Waals surface area contributed by atoms with Gasteiger partial charge in [0, 0.05) is 36.7 Å². The highest BCUT2D eigenvalue weighted by molar-refractivity contribution is 7.88. The fraction of sp³-hybridized carbons (Fsp3) is 0.481. The Labute approximate surface area is 224 Å². The molecule has 7 nitrogen and oxygen atoms in total. The Kier molecular flexibility index (Phi) is 7.21. The van der Waals surface area contributed by atoms with Crippen LogP contribution in [0.1, 0.15) is 64.7 Å². The SMILES string of the molecule is CS(=O)(=O)N1CC(c2cccc(C(=O)N3CCC[C@@H]3C(=O)NC(c3ccc(C(F)(F)F)cc3F)C3CC3)c2)C1. The number of rotatable bonds is 7. The van der Waals surface area contributed by atoms with Crippen LogP contribution >= 0.6 is 0 Å². The maximum atomic E-state index is 14.7. The molecule has 1 saturated carbocycles. The number of carbonyl (C=O) groups excluding carboxylic acids is 2. The zero-order chi connectivity index (χ0) is 28.1. The molecule has 1 N–H and O–H groups in total. The van der Waals surface area contributed by atoms with Gasteiger partial charge >= 0.3 is 6.18 Å². The van der Waals surface area contributed by atoms with Gasteiger partial charge in [0.15, 0.2) is 0 Å². The summed E-state index contributed by atoms with van der Waals surface area (Å²) in [4.78, 5) is 28.2. The minimum atomic E-state index is -4.68. The first-order chi connectivity index (χ1) is 18.3. The fourth-order valence-electron chi connectivity index (χ4n) is 5.38. The first-order valence-electron chi connectivity index (χ1n) is 12.9. The Morgan fingerprint density at radius 1 is 1.05 bits per heavy atom. The van der Waals surface area contributed by atoms with Crippen LogP contribution in [0.25, 0.3) is 0 Å². The van der Waals surface area contributed by atoms with Crippen molar-refractivity contribution < 1.29 is 35.6 Å². The maximum absolute atomic E-state index is 14.7. The number of likely N-dealkylation sites (tertiary alicyclic amines) is 1. The van der Waals surface area contributed by atoms with Gasteiger partial charge in [0.1, 0.15) is 11.9 Å². The van der Waals surface area contributed by atoms with Crippen LogP contribution in [0.2, 0.25) is 0 Å². The van der Waals surface area contributed by atoms with E-state index in [0.717, 1.165) is 24.0 Å². The Hall–Kier alpha value is -2.99. The number of sulfonamides is 1.